The Bertz CT molecular complexity index is 553. The SMILES string of the molecule is CN=C(NCC(O)C(F)(F)F)N1CCN(Cc2cc(C)on2)CC1. The van der Waals surface area contributed by atoms with E-state index in [0.717, 1.165) is 24.5 Å². The zero-order chi connectivity index (χ0) is 17.7. The summed E-state index contributed by atoms with van der Waals surface area (Å²) in [5, 5.41) is 15.6. The summed E-state index contributed by atoms with van der Waals surface area (Å²) in [5.74, 6) is 1.12. The van der Waals surface area contributed by atoms with Gasteiger partial charge in [0.05, 0.1) is 12.2 Å². The number of hydrogen-bond donors (Lipinski definition) is 2. The molecule has 2 heterocycles. The molecule has 1 aromatic rings. The van der Waals surface area contributed by atoms with Crippen LogP contribution in [0.25, 0.3) is 0 Å². The fourth-order valence-electron chi connectivity index (χ4n) is 2.48. The molecule has 1 atom stereocenters. The molecule has 10 heteroatoms. The first-order chi connectivity index (χ1) is 11.3. The topological polar surface area (TPSA) is 77.1 Å². The molecule has 7 nitrogen and oxygen atoms in total. The molecule has 2 N–H and O–H groups in total. The van der Waals surface area contributed by atoms with Gasteiger partial charge in [0.15, 0.2) is 12.1 Å². The maximum absolute atomic E-state index is 12.3. The summed E-state index contributed by atoms with van der Waals surface area (Å²) < 4.78 is 42.1. The lowest BCUT2D eigenvalue weighted by molar-refractivity contribution is -0.201. The molecule has 0 saturated carbocycles. The Labute approximate surface area is 138 Å². The summed E-state index contributed by atoms with van der Waals surface area (Å²) in [6, 6.07) is 1.88. The maximum Gasteiger partial charge on any atom is 0.416 e. The Morgan fingerprint density at radius 1 is 1.42 bits per heavy atom. The molecule has 1 unspecified atom stereocenters. The first-order valence-electron chi connectivity index (χ1n) is 7.64. The average molecular weight is 349 g/mol. The highest BCUT2D eigenvalue weighted by atomic mass is 19.4. The number of piperazine rings is 1. The Kier molecular flexibility index (Phi) is 6.05. The third kappa shape index (κ3) is 5.10. The van der Waals surface area contributed by atoms with Crippen LogP contribution < -0.4 is 5.32 Å². The zero-order valence-electron chi connectivity index (χ0n) is 13.7. The van der Waals surface area contributed by atoms with Crippen molar-refractivity contribution in [3.8, 4) is 0 Å². The Hall–Kier alpha value is -1.81. The normalized spacial score (nSPS) is 18.8. The highest BCUT2D eigenvalue weighted by molar-refractivity contribution is 5.80. The second kappa shape index (κ2) is 7.84. The van der Waals surface area contributed by atoms with E-state index in [1.807, 2.05) is 17.9 Å². The van der Waals surface area contributed by atoms with Crippen molar-refractivity contribution in [3.63, 3.8) is 0 Å². The van der Waals surface area contributed by atoms with Gasteiger partial charge in [-0.1, -0.05) is 5.16 Å². The summed E-state index contributed by atoms with van der Waals surface area (Å²) >= 11 is 0. The number of nitrogens with zero attached hydrogens (tertiary/aromatic N) is 4. The van der Waals surface area contributed by atoms with Crippen molar-refractivity contribution >= 4 is 5.96 Å². The van der Waals surface area contributed by atoms with Crippen molar-refractivity contribution in [1.82, 2.24) is 20.3 Å². The Morgan fingerprint density at radius 2 is 2.08 bits per heavy atom. The molecule has 0 aromatic carbocycles. The van der Waals surface area contributed by atoms with Gasteiger partial charge in [0.1, 0.15) is 5.76 Å². The van der Waals surface area contributed by atoms with Crippen molar-refractivity contribution in [2.24, 2.45) is 4.99 Å². The van der Waals surface area contributed by atoms with Crippen LogP contribution in [0.15, 0.2) is 15.6 Å². The highest BCUT2D eigenvalue weighted by Crippen LogP contribution is 2.19. The number of guanidine groups is 1. The highest BCUT2D eigenvalue weighted by Gasteiger charge is 2.38. The molecule has 2 rings (SSSR count). The number of aliphatic imine (C=N–C) groups is 1. The van der Waals surface area contributed by atoms with E-state index < -0.39 is 18.8 Å². The van der Waals surface area contributed by atoms with E-state index in [2.05, 4.69) is 20.4 Å². The number of hydrogen-bond acceptors (Lipinski definition) is 5. The van der Waals surface area contributed by atoms with Gasteiger partial charge in [0.25, 0.3) is 0 Å². The minimum absolute atomic E-state index is 0.357. The second-order valence-corrected chi connectivity index (χ2v) is 5.68. The van der Waals surface area contributed by atoms with E-state index in [0.29, 0.717) is 25.6 Å². The molecule has 0 bridgehead atoms. The van der Waals surface area contributed by atoms with Gasteiger partial charge in [0, 0.05) is 45.8 Å². The van der Waals surface area contributed by atoms with E-state index in [-0.39, 0.29) is 0 Å². The predicted octanol–water partition coefficient (Wildman–Crippen LogP) is 0.599. The van der Waals surface area contributed by atoms with E-state index in [9.17, 15) is 13.2 Å². The Morgan fingerprint density at radius 3 is 2.58 bits per heavy atom. The standard InChI is InChI=1S/C14H22F3N5O2/c1-10-7-11(20-24-10)9-21-3-5-22(6-4-21)13(18-2)19-8-12(23)14(15,16)17/h7,12,23H,3-6,8-9H2,1-2H3,(H,18,19). The molecule has 24 heavy (non-hydrogen) atoms. The molecular weight excluding hydrogens is 327 g/mol. The fraction of sp³-hybridized carbons (Fsp3) is 0.714. The number of halogens is 3. The third-order valence-electron chi connectivity index (χ3n) is 3.78. The fourth-order valence-corrected chi connectivity index (χ4v) is 2.48. The first kappa shape index (κ1) is 18.5. The van der Waals surface area contributed by atoms with Crippen LogP contribution in [-0.2, 0) is 6.54 Å². The van der Waals surface area contributed by atoms with Crippen LogP contribution in [0.2, 0.25) is 0 Å². The smallest absolute Gasteiger partial charge is 0.382 e. The molecule has 1 saturated heterocycles. The van der Waals surface area contributed by atoms with E-state index in [1.54, 1.807) is 0 Å². The molecule has 0 radical (unpaired) electrons. The Balaban J connectivity index is 1.79. The van der Waals surface area contributed by atoms with Crippen LogP contribution in [0.5, 0.6) is 0 Å². The minimum Gasteiger partial charge on any atom is -0.382 e. The summed E-state index contributed by atoms with van der Waals surface area (Å²) in [4.78, 5) is 8.04. The second-order valence-electron chi connectivity index (χ2n) is 5.68. The van der Waals surface area contributed by atoms with Crippen molar-refractivity contribution in [2.45, 2.75) is 25.7 Å². The third-order valence-corrected chi connectivity index (χ3v) is 3.78. The molecule has 1 aliphatic heterocycles. The van der Waals surface area contributed by atoms with E-state index in [1.165, 1.54) is 7.05 Å². The van der Waals surface area contributed by atoms with Crippen LogP contribution >= 0.6 is 0 Å². The van der Waals surface area contributed by atoms with Crippen LogP contribution in [0, 0.1) is 6.92 Å². The lowest BCUT2D eigenvalue weighted by Gasteiger charge is -2.36. The van der Waals surface area contributed by atoms with Gasteiger partial charge in [0.2, 0.25) is 0 Å². The molecule has 0 amide bonds. The van der Waals surface area contributed by atoms with Gasteiger partial charge in [-0.3, -0.25) is 9.89 Å². The van der Waals surface area contributed by atoms with Crippen molar-refractivity contribution < 1.29 is 22.8 Å². The average Bonchev–Trinajstić information content (AvgIpc) is 2.93. The van der Waals surface area contributed by atoms with Crippen molar-refractivity contribution in [1.29, 1.82) is 0 Å². The minimum atomic E-state index is -4.64. The molecule has 1 aliphatic rings. The molecule has 1 aromatic heterocycles. The summed E-state index contributed by atoms with van der Waals surface area (Å²) in [6.07, 6.45) is -7.05. The molecular formula is C14H22F3N5O2. The number of aliphatic hydroxyl groups excluding tert-OH is 1. The molecule has 1 fully saturated rings. The number of alkyl halides is 3. The summed E-state index contributed by atoms with van der Waals surface area (Å²) in [6.45, 7) is 4.60. The van der Waals surface area contributed by atoms with Gasteiger partial charge in [-0.2, -0.15) is 13.2 Å². The molecule has 0 spiro atoms. The number of nitrogens with one attached hydrogen (secondary N) is 1. The lowest BCUT2D eigenvalue weighted by Crippen LogP contribution is -2.53. The summed E-state index contributed by atoms with van der Waals surface area (Å²) in [7, 11) is 1.51. The monoisotopic (exact) mass is 349 g/mol. The zero-order valence-corrected chi connectivity index (χ0v) is 13.7. The molecule has 136 valence electrons. The largest absolute Gasteiger partial charge is 0.416 e. The van der Waals surface area contributed by atoms with Crippen LogP contribution in [-0.4, -0.2) is 78.1 Å². The number of aromatic nitrogens is 1. The van der Waals surface area contributed by atoms with Gasteiger partial charge >= 0.3 is 6.18 Å². The van der Waals surface area contributed by atoms with Gasteiger partial charge in [-0.05, 0) is 6.92 Å². The quantitative estimate of drug-likeness (QED) is 0.612. The van der Waals surface area contributed by atoms with Gasteiger partial charge < -0.3 is 19.8 Å². The number of rotatable bonds is 4. The number of aliphatic hydroxyl groups is 1. The van der Waals surface area contributed by atoms with Crippen molar-refractivity contribution in [3.05, 3.63) is 17.5 Å². The first-order valence-corrected chi connectivity index (χ1v) is 7.64. The maximum atomic E-state index is 12.3. The predicted molar refractivity (Wildman–Crippen MR) is 81.5 cm³/mol. The van der Waals surface area contributed by atoms with Crippen LogP contribution in [0.3, 0.4) is 0 Å². The van der Waals surface area contributed by atoms with E-state index in [4.69, 9.17) is 9.63 Å². The van der Waals surface area contributed by atoms with E-state index >= 15 is 0 Å². The lowest BCUT2D eigenvalue weighted by atomic mass is 10.3. The van der Waals surface area contributed by atoms with Gasteiger partial charge in [-0.15, -0.1) is 0 Å². The van der Waals surface area contributed by atoms with Crippen molar-refractivity contribution in [2.75, 3.05) is 39.8 Å². The van der Waals surface area contributed by atoms with Crippen LogP contribution in [0.4, 0.5) is 13.2 Å². The summed E-state index contributed by atoms with van der Waals surface area (Å²) in [5.41, 5.74) is 0.858. The van der Waals surface area contributed by atoms with Crippen LogP contribution in [0.1, 0.15) is 11.5 Å². The number of aryl methyl sites for hydroxylation is 1. The molecule has 0 aliphatic carbocycles. The van der Waals surface area contributed by atoms with Gasteiger partial charge in [-0.25, -0.2) is 0 Å².